The number of aryl methyl sites for hydroxylation is 1. The van der Waals surface area contributed by atoms with Crippen LogP contribution in [0.4, 0.5) is 0 Å². The van der Waals surface area contributed by atoms with Crippen LogP contribution in [0.2, 0.25) is 0 Å². The van der Waals surface area contributed by atoms with Crippen molar-refractivity contribution in [3.8, 4) is 0 Å². The number of benzene rings is 1. The van der Waals surface area contributed by atoms with Crippen molar-refractivity contribution in [2.45, 2.75) is 32.3 Å². The fourth-order valence-corrected chi connectivity index (χ4v) is 2.03. The summed E-state index contributed by atoms with van der Waals surface area (Å²) in [6, 6.07) is 9.91. The average molecular weight is 230 g/mol. The minimum Gasteiger partial charge on any atom is -0.472 e. The van der Waals surface area contributed by atoms with Crippen LogP contribution in [0.3, 0.4) is 0 Å². The highest BCUT2D eigenvalue weighted by Gasteiger charge is 2.26. The third-order valence-electron chi connectivity index (χ3n) is 3.11. The number of aliphatic hydroxyl groups is 1. The molecule has 1 aromatic carbocycles. The minimum absolute atomic E-state index is 0.783. The lowest BCUT2D eigenvalue weighted by atomic mass is 9.89. The molecule has 2 nitrogen and oxygen atoms in total. The first-order valence-electron chi connectivity index (χ1n) is 5.99. The second kappa shape index (κ2) is 4.76. The summed E-state index contributed by atoms with van der Waals surface area (Å²) in [7, 11) is 0. The molecule has 0 aliphatic carbocycles. The van der Waals surface area contributed by atoms with Gasteiger partial charge in [-0.1, -0.05) is 37.6 Å². The Morgan fingerprint density at radius 3 is 2.71 bits per heavy atom. The largest absolute Gasteiger partial charge is 0.472 e. The van der Waals surface area contributed by atoms with Gasteiger partial charge in [-0.15, -0.1) is 0 Å². The average Bonchev–Trinajstić information content (AvgIpc) is 2.84. The van der Waals surface area contributed by atoms with Crippen molar-refractivity contribution in [3.05, 3.63) is 59.5 Å². The van der Waals surface area contributed by atoms with Crippen LogP contribution in [0.1, 0.15) is 37.0 Å². The molecule has 1 atom stereocenters. The van der Waals surface area contributed by atoms with E-state index in [-0.39, 0.29) is 0 Å². The maximum absolute atomic E-state index is 10.6. The van der Waals surface area contributed by atoms with Crippen LogP contribution in [-0.2, 0) is 12.0 Å². The van der Waals surface area contributed by atoms with Gasteiger partial charge in [-0.05, 0) is 30.5 Å². The number of hydrogen-bond donors (Lipinski definition) is 1. The van der Waals surface area contributed by atoms with Crippen LogP contribution in [0.25, 0.3) is 0 Å². The molecule has 1 unspecified atom stereocenters. The standard InChI is InChI=1S/C15H18O2/c1-3-5-12-6-4-7-13(10-12)15(2,16)14-8-9-17-11-14/h4,6-11,16H,3,5H2,1-2H3. The summed E-state index contributed by atoms with van der Waals surface area (Å²) in [6.45, 7) is 3.95. The van der Waals surface area contributed by atoms with Crippen molar-refractivity contribution in [2.24, 2.45) is 0 Å². The molecule has 2 aromatic rings. The Morgan fingerprint density at radius 1 is 1.24 bits per heavy atom. The van der Waals surface area contributed by atoms with E-state index in [0.29, 0.717) is 0 Å². The van der Waals surface area contributed by atoms with Gasteiger partial charge in [0.2, 0.25) is 0 Å². The monoisotopic (exact) mass is 230 g/mol. The lowest BCUT2D eigenvalue weighted by molar-refractivity contribution is 0.101. The van der Waals surface area contributed by atoms with Gasteiger partial charge in [-0.25, -0.2) is 0 Å². The molecule has 1 heterocycles. The van der Waals surface area contributed by atoms with Crippen LogP contribution in [0.5, 0.6) is 0 Å². The Morgan fingerprint density at radius 2 is 2.06 bits per heavy atom. The van der Waals surface area contributed by atoms with E-state index in [0.717, 1.165) is 24.0 Å². The molecule has 2 heteroatoms. The van der Waals surface area contributed by atoms with Gasteiger partial charge in [0.15, 0.2) is 0 Å². The van der Waals surface area contributed by atoms with Gasteiger partial charge < -0.3 is 9.52 Å². The van der Waals surface area contributed by atoms with E-state index in [4.69, 9.17) is 4.42 Å². The van der Waals surface area contributed by atoms with Crippen LogP contribution < -0.4 is 0 Å². The van der Waals surface area contributed by atoms with Gasteiger partial charge in [-0.3, -0.25) is 0 Å². The van der Waals surface area contributed by atoms with Crippen LogP contribution in [0.15, 0.2) is 47.3 Å². The summed E-state index contributed by atoms with van der Waals surface area (Å²) >= 11 is 0. The Balaban J connectivity index is 2.36. The zero-order chi connectivity index (χ0) is 12.3. The molecule has 0 amide bonds. The molecule has 0 fully saturated rings. The van der Waals surface area contributed by atoms with E-state index in [1.807, 2.05) is 12.1 Å². The smallest absolute Gasteiger partial charge is 0.115 e. The second-order valence-corrected chi connectivity index (χ2v) is 4.53. The van der Waals surface area contributed by atoms with Crippen molar-refractivity contribution < 1.29 is 9.52 Å². The van der Waals surface area contributed by atoms with Gasteiger partial charge in [0.05, 0.1) is 12.5 Å². The highest BCUT2D eigenvalue weighted by Crippen LogP contribution is 2.29. The fourth-order valence-electron chi connectivity index (χ4n) is 2.03. The molecule has 0 radical (unpaired) electrons. The van der Waals surface area contributed by atoms with Crippen molar-refractivity contribution in [3.63, 3.8) is 0 Å². The molecule has 1 N–H and O–H groups in total. The minimum atomic E-state index is -0.989. The Labute approximate surface area is 102 Å². The number of hydrogen-bond acceptors (Lipinski definition) is 2. The van der Waals surface area contributed by atoms with Gasteiger partial charge in [0.25, 0.3) is 0 Å². The number of furan rings is 1. The summed E-state index contributed by atoms with van der Waals surface area (Å²) in [5.74, 6) is 0. The second-order valence-electron chi connectivity index (χ2n) is 4.53. The Bertz CT molecular complexity index is 469. The summed E-state index contributed by atoms with van der Waals surface area (Å²) in [5, 5.41) is 10.6. The van der Waals surface area contributed by atoms with E-state index in [2.05, 4.69) is 19.1 Å². The lowest BCUT2D eigenvalue weighted by Gasteiger charge is -2.23. The third kappa shape index (κ3) is 2.42. The molecular weight excluding hydrogens is 212 g/mol. The molecule has 90 valence electrons. The van der Waals surface area contributed by atoms with Gasteiger partial charge in [-0.2, -0.15) is 0 Å². The molecule has 0 saturated carbocycles. The number of rotatable bonds is 4. The molecule has 0 saturated heterocycles. The van der Waals surface area contributed by atoms with Gasteiger partial charge in [0.1, 0.15) is 5.60 Å². The van der Waals surface area contributed by atoms with E-state index in [1.165, 1.54) is 5.56 Å². The van der Waals surface area contributed by atoms with E-state index in [9.17, 15) is 5.11 Å². The van der Waals surface area contributed by atoms with E-state index >= 15 is 0 Å². The molecule has 0 bridgehead atoms. The van der Waals surface area contributed by atoms with Crippen LogP contribution >= 0.6 is 0 Å². The van der Waals surface area contributed by atoms with Crippen LogP contribution in [0, 0.1) is 0 Å². The first-order valence-corrected chi connectivity index (χ1v) is 5.99. The Hall–Kier alpha value is -1.54. The molecule has 0 aliphatic rings. The van der Waals surface area contributed by atoms with Gasteiger partial charge in [0, 0.05) is 5.56 Å². The van der Waals surface area contributed by atoms with Crippen molar-refractivity contribution in [1.82, 2.24) is 0 Å². The van der Waals surface area contributed by atoms with Crippen molar-refractivity contribution in [2.75, 3.05) is 0 Å². The predicted molar refractivity (Wildman–Crippen MR) is 67.8 cm³/mol. The summed E-state index contributed by atoms with van der Waals surface area (Å²) in [4.78, 5) is 0. The molecular formula is C15H18O2. The van der Waals surface area contributed by atoms with Gasteiger partial charge >= 0.3 is 0 Å². The molecule has 17 heavy (non-hydrogen) atoms. The van der Waals surface area contributed by atoms with E-state index < -0.39 is 5.60 Å². The first kappa shape index (κ1) is 11.9. The summed E-state index contributed by atoms with van der Waals surface area (Å²) < 4.78 is 5.04. The zero-order valence-corrected chi connectivity index (χ0v) is 10.3. The summed E-state index contributed by atoms with van der Waals surface area (Å²) in [5.41, 5.74) is 1.96. The summed E-state index contributed by atoms with van der Waals surface area (Å²) in [6.07, 6.45) is 5.32. The highest BCUT2D eigenvalue weighted by atomic mass is 16.3. The Kier molecular flexibility index (Phi) is 3.34. The maximum atomic E-state index is 10.6. The SMILES string of the molecule is CCCc1cccc(C(C)(O)c2ccoc2)c1. The molecule has 0 aliphatic heterocycles. The van der Waals surface area contributed by atoms with Crippen molar-refractivity contribution in [1.29, 1.82) is 0 Å². The lowest BCUT2D eigenvalue weighted by Crippen LogP contribution is -2.22. The third-order valence-corrected chi connectivity index (χ3v) is 3.11. The fraction of sp³-hybridized carbons (Fsp3) is 0.333. The van der Waals surface area contributed by atoms with E-state index in [1.54, 1.807) is 25.5 Å². The maximum Gasteiger partial charge on any atom is 0.115 e. The quantitative estimate of drug-likeness (QED) is 0.872. The zero-order valence-electron chi connectivity index (χ0n) is 10.3. The molecule has 2 rings (SSSR count). The topological polar surface area (TPSA) is 33.4 Å². The molecule has 0 spiro atoms. The normalized spacial score (nSPS) is 14.5. The van der Waals surface area contributed by atoms with Crippen LogP contribution in [-0.4, -0.2) is 5.11 Å². The highest BCUT2D eigenvalue weighted by molar-refractivity contribution is 5.35. The van der Waals surface area contributed by atoms with Crippen molar-refractivity contribution >= 4 is 0 Å². The first-order chi connectivity index (χ1) is 8.14. The predicted octanol–water partition coefficient (Wildman–Crippen LogP) is 3.49. The molecule has 1 aromatic heterocycles.